The largest absolute Gasteiger partial charge is 0.507 e. The third kappa shape index (κ3) is 3.79. The Morgan fingerprint density at radius 2 is 1.77 bits per heavy atom. The maximum atomic E-state index is 13.9. The van der Waals surface area contributed by atoms with Crippen molar-refractivity contribution in [1.82, 2.24) is 4.90 Å². The van der Waals surface area contributed by atoms with Gasteiger partial charge in [0.05, 0.1) is 16.5 Å². The number of piperidine rings is 1. The van der Waals surface area contributed by atoms with Crippen molar-refractivity contribution < 1.29 is 22.7 Å². The molecule has 0 saturated carbocycles. The fraction of sp³-hybridized carbons (Fsp3) is 0.318. The summed E-state index contributed by atoms with van der Waals surface area (Å²) in [5, 5.41) is 10.4. The molecule has 0 bridgehead atoms. The normalized spacial score (nSPS) is 15.6. The van der Waals surface area contributed by atoms with Crippen LogP contribution >= 0.6 is 11.6 Å². The molecule has 1 aliphatic rings. The van der Waals surface area contributed by atoms with Gasteiger partial charge in [-0.15, -0.1) is 0 Å². The summed E-state index contributed by atoms with van der Waals surface area (Å²) in [5.41, 5.74) is -1.57. The van der Waals surface area contributed by atoms with Crippen molar-refractivity contribution >= 4 is 22.6 Å². The van der Waals surface area contributed by atoms with Crippen LogP contribution in [0.5, 0.6) is 5.75 Å². The Morgan fingerprint density at radius 3 is 2.43 bits per heavy atom. The number of aromatic hydroxyl groups is 1. The van der Waals surface area contributed by atoms with Gasteiger partial charge in [0.2, 0.25) is 11.2 Å². The van der Waals surface area contributed by atoms with Crippen molar-refractivity contribution in [1.29, 1.82) is 0 Å². The number of rotatable bonds is 3. The van der Waals surface area contributed by atoms with Crippen molar-refractivity contribution in [2.75, 3.05) is 13.1 Å². The van der Waals surface area contributed by atoms with Crippen LogP contribution < -0.4 is 5.43 Å². The highest BCUT2D eigenvalue weighted by Crippen LogP contribution is 2.41. The number of nitrogens with zero attached hydrogens (tertiary/aromatic N) is 1. The summed E-state index contributed by atoms with van der Waals surface area (Å²) >= 11 is 6.09. The molecule has 8 heteroatoms. The first kappa shape index (κ1) is 20.8. The van der Waals surface area contributed by atoms with Gasteiger partial charge in [0, 0.05) is 17.1 Å². The van der Waals surface area contributed by atoms with Crippen LogP contribution in [0.3, 0.4) is 0 Å². The second-order valence-corrected chi connectivity index (χ2v) is 7.80. The predicted molar refractivity (Wildman–Crippen MR) is 109 cm³/mol. The lowest BCUT2D eigenvalue weighted by molar-refractivity contribution is -0.152. The topological polar surface area (TPSA) is 53.7 Å². The summed E-state index contributed by atoms with van der Waals surface area (Å²) in [6, 6.07) is 8.45. The number of benzene rings is 2. The van der Waals surface area contributed by atoms with E-state index in [0.29, 0.717) is 0 Å². The van der Waals surface area contributed by atoms with E-state index in [-0.39, 0.29) is 39.4 Å². The maximum absolute atomic E-state index is 13.9. The van der Waals surface area contributed by atoms with Gasteiger partial charge in [-0.2, -0.15) is 13.2 Å². The summed E-state index contributed by atoms with van der Waals surface area (Å²) in [7, 11) is 0. The molecular weight excluding hydrogens is 419 g/mol. The first-order chi connectivity index (χ1) is 14.3. The first-order valence-corrected chi connectivity index (χ1v) is 10.0. The average Bonchev–Trinajstić information content (AvgIpc) is 2.71. The number of halogens is 4. The molecule has 4 rings (SSSR count). The Labute approximate surface area is 175 Å². The molecular formula is C22H19ClF3NO3. The smallest absolute Gasteiger partial charge is 0.450 e. The van der Waals surface area contributed by atoms with Crippen LogP contribution in [-0.2, 0) is 12.7 Å². The maximum Gasteiger partial charge on any atom is 0.450 e. The summed E-state index contributed by atoms with van der Waals surface area (Å²) in [5.74, 6) is -1.62. The molecule has 0 radical (unpaired) electrons. The van der Waals surface area contributed by atoms with Crippen LogP contribution in [0.4, 0.5) is 13.2 Å². The Bertz CT molecular complexity index is 1150. The third-order valence-corrected chi connectivity index (χ3v) is 5.70. The highest BCUT2D eigenvalue weighted by Gasteiger charge is 2.40. The lowest BCUT2D eigenvalue weighted by atomic mass is 9.99. The lowest BCUT2D eigenvalue weighted by Gasteiger charge is -2.27. The Hall–Kier alpha value is -2.51. The molecule has 158 valence electrons. The SMILES string of the molecule is O=c1c(-c2ccccc2Cl)c(C(F)(F)F)oc2c(CN3CCCCC3)c(O)ccc12. The molecule has 1 fully saturated rings. The Balaban J connectivity index is 1.99. The minimum atomic E-state index is -4.92. The zero-order valence-electron chi connectivity index (χ0n) is 15.9. The van der Waals surface area contributed by atoms with Crippen molar-refractivity contribution in [3.63, 3.8) is 0 Å². The molecule has 2 heterocycles. The van der Waals surface area contributed by atoms with Gasteiger partial charge in [0.1, 0.15) is 11.3 Å². The van der Waals surface area contributed by atoms with E-state index < -0.39 is 22.9 Å². The zero-order valence-corrected chi connectivity index (χ0v) is 16.7. The van der Waals surface area contributed by atoms with Crippen molar-refractivity contribution in [2.45, 2.75) is 32.0 Å². The highest BCUT2D eigenvalue weighted by atomic mass is 35.5. The molecule has 2 aromatic carbocycles. The number of hydrogen-bond donors (Lipinski definition) is 1. The van der Waals surface area contributed by atoms with Gasteiger partial charge in [-0.3, -0.25) is 9.69 Å². The monoisotopic (exact) mass is 437 g/mol. The molecule has 0 aliphatic carbocycles. The van der Waals surface area contributed by atoms with Gasteiger partial charge >= 0.3 is 6.18 Å². The molecule has 4 nitrogen and oxygen atoms in total. The molecule has 1 aliphatic heterocycles. The summed E-state index contributed by atoms with van der Waals surface area (Å²) < 4.78 is 47.1. The van der Waals surface area contributed by atoms with E-state index in [1.807, 2.05) is 4.90 Å². The van der Waals surface area contributed by atoms with Crippen LogP contribution in [0, 0.1) is 0 Å². The van der Waals surface area contributed by atoms with E-state index in [9.17, 15) is 23.1 Å². The van der Waals surface area contributed by atoms with Crippen LogP contribution in [0.15, 0.2) is 45.6 Å². The number of hydrogen-bond acceptors (Lipinski definition) is 4. The molecule has 3 aromatic rings. The fourth-order valence-electron chi connectivity index (χ4n) is 3.91. The van der Waals surface area contributed by atoms with Gasteiger partial charge in [-0.05, 0) is 44.1 Å². The summed E-state index contributed by atoms with van der Waals surface area (Å²) in [4.78, 5) is 15.2. The number of phenolic OH excluding ortho intramolecular Hbond substituents is 1. The number of likely N-dealkylation sites (tertiary alicyclic amines) is 1. The first-order valence-electron chi connectivity index (χ1n) is 9.63. The van der Waals surface area contributed by atoms with E-state index in [4.69, 9.17) is 16.0 Å². The second-order valence-electron chi connectivity index (χ2n) is 7.39. The molecule has 0 spiro atoms. The highest BCUT2D eigenvalue weighted by molar-refractivity contribution is 6.33. The van der Waals surface area contributed by atoms with E-state index in [0.717, 1.165) is 32.4 Å². The van der Waals surface area contributed by atoms with Crippen molar-refractivity contribution in [2.24, 2.45) is 0 Å². The minimum absolute atomic E-state index is 0.0157. The predicted octanol–water partition coefficient (Wildman–Crippen LogP) is 5.82. The van der Waals surface area contributed by atoms with Crippen LogP contribution in [-0.4, -0.2) is 23.1 Å². The molecule has 0 unspecified atom stereocenters. The third-order valence-electron chi connectivity index (χ3n) is 5.37. The molecule has 0 atom stereocenters. The van der Waals surface area contributed by atoms with E-state index >= 15 is 0 Å². The van der Waals surface area contributed by atoms with Crippen LogP contribution in [0.25, 0.3) is 22.1 Å². The molecule has 1 aromatic heterocycles. The standard InChI is InChI=1S/C22H19ClF3NO3/c23-16-7-3-2-6-13(16)18-19(29)14-8-9-17(28)15(12-27-10-4-1-5-11-27)20(14)30-21(18)22(24,25)26/h2-3,6-9,28H,1,4-5,10-12H2. The molecule has 1 N–H and O–H groups in total. The minimum Gasteiger partial charge on any atom is -0.507 e. The number of phenols is 1. The van der Waals surface area contributed by atoms with Crippen molar-refractivity contribution in [3.8, 4) is 16.9 Å². The lowest BCUT2D eigenvalue weighted by Crippen LogP contribution is -2.29. The van der Waals surface area contributed by atoms with Gasteiger partial charge in [0.25, 0.3) is 0 Å². The Kier molecular flexibility index (Phi) is 5.51. The van der Waals surface area contributed by atoms with E-state index in [2.05, 4.69) is 0 Å². The van der Waals surface area contributed by atoms with Gasteiger partial charge in [-0.1, -0.05) is 36.2 Å². The van der Waals surface area contributed by atoms with Gasteiger partial charge < -0.3 is 9.52 Å². The number of alkyl halides is 3. The zero-order chi connectivity index (χ0) is 21.5. The summed E-state index contributed by atoms with van der Waals surface area (Å²) in [6.07, 6.45) is -1.89. The van der Waals surface area contributed by atoms with E-state index in [1.165, 1.54) is 30.3 Å². The van der Waals surface area contributed by atoms with Gasteiger partial charge in [-0.25, -0.2) is 0 Å². The van der Waals surface area contributed by atoms with Crippen LogP contribution in [0.1, 0.15) is 30.6 Å². The summed E-state index contributed by atoms with van der Waals surface area (Å²) in [6.45, 7) is 1.74. The van der Waals surface area contributed by atoms with E-state index in [1.54, 1.807) is 6.07 Å². The quantitative estimate of drug-likeness (QED) is 0.560. The fourth-order valence-corrected chi connectivity index (χ4v) is 4.14. The van der Waals surface area contributed by atoms with Gasteiger partial charge in [0.15, 0.2) is 0 Å². The molecule has 0 amide bonds. The van der Waals surface area contributed by atoms with Crippen LogP contribution in [0.2, 0.25) is 5.02 Å². The second kappa shape index (κ2) is 7.96. The molecule has 1 saturated heterocycles. The number of fused-ring (bicyclic) bond motifs is 1. The average molecular weight is 438 g/mol. The Morgan fingerprint density at radius 1 is 1.07 bits per heavy atom. The van der Waals surface area contributed by atoms with Crippen molar-refractivity contribution in [3.05, 3.63) is 63.0 Å². The molecule has 30 heavy (non-hydrogen) atoms.